The number of halogens is 1. The Bertz CT molecular complexity index is 1240. The molecule has 2 aromatic carbocycles. The molecule has 5 rings (SSSR count). The van der Waals surface area contributed by atoms with E-state index in [1.54, 1.807) is 24.5 Å². The summed E-state index contributed by atoms with van der Waals surface area (Å²) in [6.07, 6.45) is 1.87. The summed E-state index contributed by atoms with van der Waals surface area (Å²) in [6.45, 7) is 3.17. The highest BCUT2D eigenvalue weighted by atomic mass is 19.1. The van der Waals surface area contributed by atoms with Gasteiger partial charge in [0.15, 0.2) is 0 Å². The number of nitrogens with zero attached hydrogens (tertiary/aromatic N) is 5. The molecule has 7 nitrogen and oxygen atoms in total. The minimum absolute atomic E-state index is 0.292. The summed E-state index contributed by atoms with van der Waals surface area (Å²) in [6, 6.07) is 14.7. The minimum Gasteiger partial charge on any atom is -0.480 e. The van der Waals surface area contributed by atoms with E-state index in [-0.39, 0.29) is 5.82 Å². The SMILES string of the molecule is COc1ccc(Cc2cc(-c3ncnc4cc(N5CCOCC5)ccc34)ccc2F)nn1. The van der Waals surface area contributed by atoms with Crippen molar-refractivity contribution < 1.29 is 13.9 Å². The van der Waals surface area contributed by atoms with E-state index in [1.807, 2.05) is 12.1 Å². The van der Waals surface area contributed by atoms with Crippen LogP contribution in [0.4, 0.5) is 10.1 Å². The Balaban J connectivity index is 1.48. The van der Waals surface area contributed by atoms with Gasteiger partial charge in [-0.15, -0.1) is 5.10 Å². The number of fused-ring (bicyclic) bond motifs is 1. The lowest BCUT2D eigenvalue weighted by atomic mass is 10.0. The summed E-state index contributed by atoms with van der Waals surface area (Å²) in [5, 5.41) is 9.00. The first-order valence-electron chi connectivity index (χ1n) is 10.4. The van der Waals surface area contributed by atoms with Crippen LogP contribution >= 0.6 is 0 Å². The highest BCUT2D eigenvalue weighted by molar-refractivity contribution is 5.94. The maximum Gasteiger partial charge on any atom is 0.233 e. The van der Waals surface area contributed by atoms with Crippen LogP contribution < -0.4 is 9.64 Å². The molecule has 0 bridgehead atoms. The smallest absolute Gasteiger partial charge is 0.233 e. The lowest BCUT2D eigenvalue weighted by molar-refractivity contribution is 0.122. The molecule has 0 spiro atoms. The topological polar surface area (TPSA) is 73.3 Å². The van der Waals surface area contributed by atoms with Crippen LogP contribution in [0.2, 0.25) is 0 Å². The van der Waals surface area contributed by atoms with Crippen molar-refractivity contribution in [2.24, 2.45) is 0 Å². The van der Waals surface area contributed by atoms with Crippen LogP contribution in [0.1, 0.15) is 11.3 Å². The summed E-state index contributed by atoms with van der Waals surface area (Å²) in [5.41, 5.74) is 4.75. The number of aromatic nitrogens is 4. The monoisotopic (exact) mass is 431 g/mol. The van der Waals surface area contributed by atoms with E-state index >= 15 is 0 Å². The van der Waals surface area contributed by atoms with Crippen LogP contribution in [0.5, 0.6) is 5.88 Å². The van der Waals surface area contributed by atoms with Crippen molar-refractivity contribution in [1.29, 1.82) is 0 Å². The molecule has 1 aliphatic rings. The first-order chi connectivity index (χ1) is 15.7. The molecule has 0 aliphatic carbocycles. The number of benzene rings is 2. The average molecular weight is 431 g/mol. The van der Waals surface area contributed by atoms with Crippen molar-refractivity contribution in [3.63, 3.8) is 0 Å². The van der Waals surface area contributed by atoms with Crippen molar-refractivity contribution in [1.82, 2.24) is 20.2 Å². The summed E-state index contributed by atoms with van der Waals surface area (Å²) >= 11 is 0. The Morgan fingerprint density at radius 2 is 1.88 bits per heavy atom. The number of methoxy groups -OCH3 is 1. The van der Waals surface area contributed by atoms with Crippen LogP contribution in [-0.4, -0.2) is 53.6 Å². The third-order valence-electron chi connectivity index (χ3n) is 5.59. The fourth-order valence-corrected chi connectivity index (χ4v) is 3.90. The van der Waals surface area contributed by atoms with Gasteiger partial charge in [-0.05, 0) is 48.0 Å². The maximum absolute atomic E-state index is 14.6. The van der Waals surface area contributed by atoms with Crippen molar-refractivity contribution in [2.75, 3.05) is 38.3 Å². The van der Waals surface area contributed by atoms with Crippen molar-refractivity contribution >= 4 is 16.6 Å². The number of hydrogen-bond acceptors (Lipinski definition) is 7. The van der Waals surface area contributed by atoms with E-state index in [2.05, 4.69) is 37.2 Å². The van der Waals surface area contributed by atoms with Crippen LogP contribution in [-0.2, 0) is 11.2 Å². The fourth-order valence-electron chi connectivity index (χ4n) is 3.90. The Labute approximate surface area is 184 Å². The second-order valence-electron chi connectivity index (χ2n) is 7.57. The van der Waals surface area contributed by atoms with Crippen LogP contribution in [0.15, 0.2) is 54.9 Å². The summed E-state index contributed by atoms with van der Waals surface area (Å²) in [7, 11) is 1.53. The zero-order chi connectivity index (χ0) is 21.9. The predicted molar refractivity (Wildman–Crippen MR) is 119 cm³/mol. The maximum atomic E-state index is 14.6. The highest BCUT2D eigenvalue weighted by Gasteiger charge is 2.15. The lowest BCUT2D eigenvalue weighted by Gasteiger charge is -2.29. The molecule has 1 aliphatic heterocycles. The second-order valence-corrected chi connectivity index (χ2v) is 7.57. The molecule has 0 unspecified atom stereocenters. The van der Waals surface area contributed by atoms with Crippen molar-refractivity contribution in [3.05, 3.63) is 71.9 Å². The van der Waals surface area contributed by atoms with E-state index in [1.165, 1.54) is 13.2 Å². The predicted octanol–water partition coefficient (Wildman–Crippen LogP) is 3.66. The average Bonchev–Trinajstić information content (AvgIpc) is 2.86. The molecule has 1 fully saturated rings. The molecule has 3 heterocycles. The minimum atomic E-state index is -0.292. The Morgan fingerprint density at radius 3 is 2.66 bits per heavy atom. The molecule has 4 aromatic rings. The summed E-state index contributed by atoms with van der Waals surface area (Å²) < 4.78 is 25.1. The first kappa shape index (κ1) is 20.3. The van der Waals surface area contributed by atoms with Gasteiger partial charge >= 0.3 is 0 Å². The Kier molecular flexibility index (Phi) is 5.60. The standard InChI is InChI=1S/C24H22FN5O2/c1-31-23-7-3-18(28-29-23)13-17-12-16(2-6-21(17)25)24-20-5-4-19(14-22(20)26-15-27-24)30-8-10-32-11-9-30/h2-7,12,14-15H,8-11,13H2,1H3. The van der Waals surface area contributed by atoms with Gasteiger partial charge in [-0.2, -0.15) is 5.10 Å². The summed E-state index contributed by atoms with van der Waals surface area (Å²) in [4.78, 5) is 11.3. The molecule has 2 aromatic heterocycles. The van der Waals surface area contributed by atoms with Gasteiger partial charge in [-0.1, -0.05) is 0 Å². The van der Waals surface area contributed by atoms with E-state index in [0.29, 0.717) is 23.6 Å². The molecule has 0 radical (unpaired) electrons. The van der Waals surface area contributed by atoms with E-state index in [0.717, 1.165) is 54.2 Å². The fraction of sp³-hybridized carbons (Fsp3) is 0.250. The Morgan fingerprint density at radius 1 is 1.00 bits per heavy atom. The van der Waals surface area contributed by atoms with Gasteiger partial charge in [0, 0.05) is 42.2 Å². The molecule has 8 heteroatoms. The number of ether oxygens (including phenoxy) is 2. The zero-order valence-electron chi connectivity index (χ0n) is 17.7. The van der Waals surface area contributed by atoms with Crippen LogP contribution in [0.25, 0.3) is 22.2 Å². The number of morpholine rings is 1. The zero-order valence-corrected chi connectivity index (χ0v) is 17.7. The molecule has 0 saturated carbocycles. The summed E-state index contributed by atoms with van der Waals surface area (Å²) in [5.74, 6) is 0.131. The number of anilines is 1. The van der Waals surface area contributed by atoms with Gasteiger partial charge < -0.3 is 14.4 Å². The van der Waals surface area contributed by atoms with Gasteiger partial charge in [0.2, 0.25) is 5.88 Å². The van der Waals surface area contributed by atoms with E-state index < -0.39 is 0 Å². The quantitative estimate of drug-likeness (QED) is 0.477. The molecule has 162 valence electrons. The van der Waals surface area contributed by atoms with Gasteiger partial charge in [0.1, 0.15) is 12.1 Å². The first-order valence-corrected chi connectivity index (χ1v) is 10.4. The highest BCUT2D eigenvalue weighted by Crippen LogP contribution is 2.30. The number of rotatable bonds is 5. The van der Waals surface area contributed by atoms with Crippen LogP contribution in [0.3, 0.4) is 0 Å². The molecule has 0 N–H and O–H groups in total. The lowest BCUT2D eigenvalue weighted by Crippen LogP contribution is -2.36. The van der Waals surface area contributed by atoms with Gasteiger partial charge in [0.05, 0.1) is 37.2 Å². The molecule has 32 heavy (non-hydrogen) atoms. The third-order valence-corrected chi connectivity index (χ3v) is 5.59. The second kappa shape index (κ2) is 8.84. The molecule has 1 saturated heterocycles. The largest absolute Gasteiger partial charge is 0.480 e. The molecule has 0 amide bonds. The van der Waals surface area contributed by atoms with Crippen LogP contribution in [0, 0.1) is 5.82 Å². The number of hydrogen-bond donors (Lipinski definition) is 0. The van der Waals surface area contributed by atoms with Gasteiger partial charge in [0.25, 0.3) is 0 Å². The normalized spacial score (nSPS) is 14.0. The third kappa shape index (κ3) is 4.09. The van der Waals surface area contributed by atoms with E-state index in [4.69, 9.17) is 9.47 Å². The van der Waals surface area contributed by atoms with Gasteiger partial charge in [-0.25, -0.2) is 14.4 Å². The molecule has 0 atom stereocenters. The van der Waals surface area contributed by atoms with Gasteiger partial charge in [-0.3, -0.25) is 0 Å². The van der Waals surface area contributed by atoms with E-state index in [9.17, 15) is 4.39 Å². The molecular weight excluding hydrogens is 409 g/mol. The Hall–Kier alpha value is -3.65. The van der Waals surface area contributed by atoms with Crippen molar-refractivity contribution in [2.45, 2.75) is 6.42 Å². The van der Waals surface area contributed by atoms with Crippen molar-refractivity contribution in [3.8, 4) is 17.1 Å². The molecular formula is C24H22FN5O2.